The lowest BCUT2D eigenvalue weighted by atomic mass is 10.2. The normalized spacial score (nSPS) is 15.9. The minimum Gasteiger partial charge on any atom is -0.366 e. The van der Waals surface area contributed by atoms with E-state index in [2.05, 4.69) is 15.3 Å². The molecular weight excluding hydrogens is 384 g/mol. The van der Waals surface area contributed by atoms with Crippen LogP contribution in [-0.2, 0) is 9.84 Å². The van der Waals surface area contributed by atoms with Gasteiger partial charge in [0.05, 0.1) is 22.0 Å². The van der Waals surface area contributed by atoms with Crippen LogP contribution in [0.5, 0.6) is 0 Å². The van der Waals surface area contributed by atoms with Gasteiger partial charge >= 0.3 is 0 Å². The van der Waals surface area contributed by atoms with Crippen LogP contribution in [0.4, 0.5) is 5.82 Å². The first-order valence-electron chi connectivity index (χ1n) is 9.72. The van der Waals surface area contributed by atoms with Crippen LogP contribution in [0.2, 0.25) is 0 Å². The number of aromatic nitrogens is 2. The van der Waals surface area contributed by atoms with Crippen LogP contribution >= 0.6 is 0 Å². The molecule has 3 aromatic rings. The molecule has 0 unspecified atom stereocenters. The SMILES string of the molecule is Cc1ccc(S(=O)(=O)[C@H](C#N)c2nc3ccccc3nc2NC2CCCC2)cc1. The molecule has 2 aromatic carbocycles. The lowest BCUT2D eigenvalue weighted by Gasteiger charge is -2.19. The predicted octanol–water partition coefficient (Wildman–Crippen LogP) is 4.33. The summed E-state index contributed by atoms with van der Waals surface area (Å²) in [6.45, 7) is 1.89. The number of para-hydroxylation sites is 2. The van der Waals surface area contributed by atoms with Crippen LogP contribution < -0.4 is 5.32 Å². The molecule has 0 saturated heterocycles. The van der Waals surface area contributed by atoms with E-state index in [1.165, 1.54) is 12.1 Å². The Labute approximate surface area is 170 Å². The van der Waals surface area contributed by atoms with Gasteiger partial charge in [0.2, 0.25) is 9.84 Å². The number of rotatable bonds is 5. The zero-order valence-corrected chi connectivity index (χ0v) is 17.0. The smallest absolute Gasteiger partial charge is 0.200 e. The number of fused-ring (bicyclic) bond motifs is 1. The highest BCUT2D eigenvalue weighted by Crippen LogP contribution is 2.33. The molecule has 0 spiro atoms. The number of anilines is 1. The average Bonchev–Trinajstić information content (AvgIpc) is 3.22. The van der Waals surface area contributed by atoms with Crippen LogP contribution in [0.25, 0.3) is 11.0 Å². The Morgan fingerprint density at radius 3 is 2.28 bits per heavy atom. The van der Waals surface area contributed by atoms with Gasteiger partial charge in [-0.1, -0.05) is 42.7 Å². The highest BCUT2D eigenvalue weighted by Gasteiger charge is 2.34. The molecule has 1 aliphatic carbocycles. The largest absolute Gasteiger partial charge is 0.366 e. The summed E-state index contributed by atoms with van der Waals surface area (Å²) in [6.07, 6.45) is 4.24. The van der Waals surface area contributed by atoms with Crippen molar-refractivity contribution < 1.29 is 8.42 Å². The number of hydrogen-bond acceptors (Lipinski definition) is 6. The fourth-order valence-electron chi connectivity index (χ4n) is 3.71. The summed E-state index contributed by atoms with van der Waals surface area (Å²) in [5, 5.41) is 11.8. The Bertz CT molecular complexity index is 1180. The van der Waals surface area contributed by atoms with Gasteiger partial charge in [-0.2, -0.15) is 5.26 Å². The monoisotopic (exact) mass is 406 g/mol. The number of nitrogens with zero attached hydrogens (tertiary/aromatic N) is 3. The summed E-state index contributed by atoms with van der Waals surface area (Å²) in [6, 6.07) is 16.0. The van der Waals surface area contributed by atoms with Gasteiger partial charge < -0.3 is 5.32 Å². The highest BCUT2D eigenvalue weighted by atomic mass is 32.2. The van der Waals surface area contributed by atoms with E-state index in [1.54, 1.807) is 18.2 Å². The van der Waals surface area contributed by atoms with E-state index in [1.807, 2.05) is 31.2 Å². The van der Waals surface area contributed by atoms with Crippen molar-refractivity contribution in [2.24, 2.45) is 0 Å². The molecule has 6 nitrogen and oxygen atoms in total. The molecule has 0 aliphatic heterocycles. The second kappa shape index (κ2) is 7.80. The Balaban J connectivity index is 1.84. The van der Waals surface area contributed by atoms with Crippen molar-refractivity contribution >= 4 is 26.7 Å². The Kier molecular flexibility index (Phi) is 5.20. The first-order valence-corrected chi connectivity index (χ1v) is 11.3. The molecule has 4 rings (SSSR count). The maximum Gasteiger partial charge on any atom is 0.200 e. The quantitative estimate of drug-likeness (QED) is 0.677. The summed E-state index contributed by atoms with van der Waals surface area (Å²) in [7, 11) is -3.95. The van der Waals surface area contributed by atoms with Crippen molar-refractivity contribution in [1.29, 1.82) is 5.26 Å². The third-order valence-electron chi connectivity index (χ3n) is 5.32. The highest BCUT2D eigenvalue weighted by molar-refractivity contribution is 7.92. The van der Waals surface area contributed by atoms with Gasteiger partial charge in [0.25, 0.3) is 0 Å². The van der Waals surface area contributed by atoms with Crippen molar-refractivity contribution in [3.05, 3.63) is 59.8 Å². The molecule has 1 saturated carbocycles. The lowest BCUT2D eigenvalue weighted by Crippen LogP contribution is -2.21. The molecule has 1 heterocycles. The molecule has 0 radical (unpaired) electrons. The first-order chi connectivity index (χ1) is 14.0. The number of benzene rings is 2. The fraction of sp³-hybridized carbons (Fsp3) is 0.318. The Morgan fingerprint density at radius 1 is 1.03 bits per heavy atom. The van der Waals surface area contributed by atoms with Gasteiger partial charge in [0.15, 0.2) is 11.1 Å². The standard InChI is InChI=1S/C22H22N4O2S/c1-15-10-12-17(13-11-15)29(27,28)20(14-23)21-22(24-16-6-2-3-7-16)26-19-9-5-4-8-18(19)25-21/h4-5,8-13,16,20H,2-3,6-7H2,1H3,(H,24,26)/t20-/m1/s1. The molecule has 1 atom stereocenters. The molecule has 7 heteroatoms. The third kappa shape index (κ3) is 3.81. The van der Waals surface area contributed by atoms with Crippen molar-refractivity contribution in [1.82, 2.24) is 9.97 Å². The predicted molar refractivity (Wildman–Crippen MR) is 112 cm³/mol. The molecule has 1 aromatic heterocycles. The molecule has 29 heavy (non-hydrogen) atoms. The third-order valence-corrected chi connectivity index (χ3v) is 7.20. The van der Waals surface area contributed by atoms with Gasteiger partial charge in [-0.25, -0.2) is 18.4 Å². The average molecular weight is 407 g/mol. The van der Waals surface area contributed by atoms with E-state index in [0.717, 1.165) is 31.2 Å². The summed E-state index contributed by atoms with van der Waals surface area (Å²) < 4.78 is 26.6. The van der Waals surface area contributed by atoms with E-state index in [9.17, 15) is 13.7 Å². The first kappa shape index (κ1) is 19.3. The second-order valence-electron chi connectivity index (χ2n) is 7.44. The topological polar surface area (TPSA) is 95.7 Å². The van der Waals surface area contributed by atoms with E-state index < -0.39 is 15.1 Å². The van der Waals surface area contributed by atoms with Gasteiger partial charge in [0.1, 0.15) is 5.69 Å². The minimum atomic E-state index is -3.95. The van der Waals surface area contributed by atoms with Crippen LogP contribution in [0.1, 0.15) is 42.2 Å². The fourth-order valence-corrected chi connectivity index (χ4v) is 5.09. The number of sulfone groups is 1. The number of hydrogen-bond donors (Lipinski definition) is 1. The molecule has 1 N–H and O–H groups in total. The number of nitriles is 1. The van der Waals surface area contributed by atoms with Gasteiger partial charge in [-0.15, -0.1) is 0 Å². The van der Waals surface area contributed by atoms with Crippen LogP contribution in [0.3, 0.4) is 0 Å². The van der Waals surface area contributed by atoms with Crippen molar-refractivity contribution in [2.75, 3.05) is 5.32 Å². The van der Waals surface area contributed by atoms with Crippen LogP contribution in [0.15, 0.2) is 53.4 Å². The summed E-state index contributed by atoms with van der Waals surface area (Å²) in [4.78, 5) is 9.32. The van der Waals surface area contributed by atoms with Crippen LogP contribution in [0, 0.1) is 18.3 Å². The zero-order valence-electron chi connectivity index (χ0n) is 16.2. The molecule has 1 fully saturated rings. The zero-order chi connectivity index (χ0) is 20.4. The Morgan fingerprint density at radius 2 is 1.66 bits per heavy atom. The summed E-state index contributed by atoms with van der Waals surface area (Å²) in [5.74, 6) is 0.387. The minimum absolute atomic E-state index is 0.108. The van der Waals surface area contributed by atoms with E-state index in [-0.39, 0.29) is 16.6 Å². The lowest BCUT2D eigenvalue weighted by molar-refractivity contribution is 0.590. The van der Waals surface area contributed by atoms with Gasteiger partial charge in [-0.3, -0.25) is 0 Å². The van der Waals surface area contributed by atoms with Crippen LogP contribution in [-0.4, -0.2) is 24.4 Å². The molecule has 0 bridgehead atoms. The summed E-state index contributed by atoms with van der Waals surface area (Å²) >= 11 is 0. The van der Waals surface area contributed by atoms with Crippen molar-refractivity contribution in [2.45, 2.75) is 48.8 Å². The van der Waals surface area contributed by atoms with Gasteiger partial charge in [0, 0.05) is 6.04 Å². The molecule has 148 valence electrons. The molecule has 1 aliphatic rings. The number of nitrogens with one attached hydrogen (secondary N) is 1. The maximum absolute atomic E-state index is 13.3. The van der Waals surface area contributed by atoms with E-state index in [4.69, 9.17) is 0 Å². The maximum atomic E-state index is 13.3. The molecular formula is C22H22N4O2S. The van der Waals surface area contributed by atoms with E-state index >= 15 is 0 Å². The van der Waals surface area contributed by atoms with E-state index in [0.29, 0.717) is 16.9 Å². The summed E-state index contributed by atoms with van der Waals surface area (Å²) in [5.41, 5.74) is 2.35. The number of aryl methyl sites for hydroxylation is 1. The van der Waals surface area contributed by atoms with Crippen molar-refractivity contribution in [3.8, 4) is 6.07 Å². The van der Waals surface area contributed by atoms with Crippen molar-refractivity contribution in [3.63, 3.8) is 0 Å². The van der Waals surface area contributed by atoms with Gasteiger partial charge in [-0.05, 0) is 44.0 Å². The molecule has 0 amide bonds. The Hall–Kier alpha value is -2.98. The second-order valence-corrected chi connectivity index (χ2v) is 9.47.